The summed E-state index contributed by atoms with van der Waals surface area (Å²) in [6, 6.07) is -3.40. The van der Waals surface area contributed by atoms with Crippen molar-refractivity contribution in [2.24, 2.45) is 11.5 Å². The number of carboxylic acid groups (broad SMARTS) is 2. The number of carbonyl (C=O) groups excluding carboxylic acids is 3. The van der Waals surface area contributed by atoms with Crippen LogP contribution in [0.2, 0.25) is 0 Å². The molecule has 0 saturated carbocycles. The van der Waals surface area contributed by atoms with E-state index >= 15 is 0 Å². The lowest BCUT2D eigenvalue weighted by atomic mass is 10.1. The molecule has 14 nitrogen and oxygen atoms in total. The normalized spacial score (nSPS) is 13.4. The fourth-order valence-corrected chi connectivity index (χ4v) is 2.81. The third-order valence-electron chi connectivity index (χ3n) is 4.62. The van der Waals surface area contributed by atoms with Gasteiger partial charge in [0.1, 0.15) is 12.1 Å². The van der Waals surface area contributed by atoms with Gasteiger partial charge in [0, 0.05) is 24.7 Å². The maximum absolute atomic E-state index is 12.5. The Hall–Kier alpha value is -3.52. The molecule has 3 amide bonds. The van der Waals surface area contributed by atoms with Crippen molar-refractivity contribution in [3.05, 3.63) is 18.2 Å². The van der Waals surface area contributed by atoms with Gasteiger partial charge in [0.2, 0.25) is 17.7 Å². The first-order valence-corrected chi connectivity index (χ1v) is 10.4. The zero-order chi connectivity index (χ0) is 24.8. The number of unbranched alkanes of at least 4 members (excludes halogenated alkanes) is 1. The molecule has 0 spiro atoms. The zero-order valence-electron chi connectivity index (χ0n) is 18.1. The Kier molecular flexibility index (Phi) is 12.1. The van der Waals surface area contributed by atoms with Crippen molar-refractivity contribution in [1.29, 1.82) is 0 Å². The molecule has 0 aromatic carbocycles. The molecule has 1 heterocycles. The number of H-pyrrole nitrogens is 1. The van der Waals surface area contributed by atoms with Crippen molar-refractivity contribution in [3.63, 3.8) is 0 Å². The van der Waals surface area contributed by atoms with E-state index < -0.39 is 60.8 Å². The summed E-state index contributed by atoms with van der Waals surface area (Å²) in [5, 5.41) is 25.1. The quantitative estimate of drug-likeness (QED) is 0.118. The number of amides is 3. The van der Waals surface area contributed by atoms with Crippen molar-refractivity contribution in [3.8, 4) is 0 Å². The van der Waals surface area contributed by atoms with Crippen LogP contribution in [0.5, 0.6) is 0 Å². The number of nitrogens with zero attached hydrogens (tertiary/aromatic N) is 1. The summed E-state index contributed by atoms with van der Waals surface area (Å²) in [7, 11) is 0. The second-order valence-corrected chi connectivity index (χ2v) is 7.34. The maximum Gasteiger partial charge on any atom is 0.326 e. The molecule has 0 aliphatic carbocycles. The first kappa shape index (κ1) is 27.5. The van der Waals surface area contributed by atoms with Gasteiger partial charge in [-0.05, 0) is 25.8 Å². The molecule has 0 aliphatic rings. The lowest BCUT2D eigenvalue weighted by Crippen LogP contribution is -2.53. The number of imidazole rings is 1. The number of nitrogens with one attached hydrogen (secondary N) is 4. The summed E-state index contributed by atoms with van der Waals surface area (Å²) in [6.45, 7) is -0.127. The molecule has 3 unspecified atom stereocenters. The monoisotopic (exact) mass is 469 g/mol. The molecule has 0 bridgehead atoms. The Morgan fingerprint density at radius 2 is 1.76 bits per heavy atom. The number of carboxylic acids is 2. The fraction of sp³-hybridized carbons (Fsp3) is 0.579. The van der Waals surface area contributed by atoms with E-state index in [9.17, 15) is 29.1 Å². The molecule has 1 aromatic heterocycles. The van der Waals surface area contributed by atoms with Crippen molar-refractivity contribution >= 4 is 29.7 Å². The Morgan fingerprint density at radius 1 is 1.03 bits per heavy atom. The van der Waals surface area contributed by atoms with Crippen molar-refractivity contribution in [1.82, 2.24) is 25.9 Å². The smallest absolute Gasteiger partial charge is 0.326 e. The van der Waals surface area contributed by atoms with E-state index in [0.29, 0.717) is 31.5 Å². The summed E-state index contributed by atoms with van der Waals surface area (Å²) in [5.41, 5.74) is 11.7. The van der Waals surface area contributed by atoms with E-state index in [1.807, 2.05) is 0 Å². The highest BCUT2D eigenvalue weighted by Gasteiger charge is 2.26. The molecule has 1 rings (SSSR count). The minimum absolute atomic E-state index is 0.0473. The minimum atomic E-state index is -1.28. The van der Waals surface area contributed by atoms with Crippen LogP contribution in [-0.4, -0.2) is 81.1 Å². The first-order valence-electron chi connectivity index (χ1n) is 10.4. The molecule has 184 valence electrons. The Labute approximate surface area is 189 Å². The predicted octanol–water partition coefficient (Wildman–Crippen LogP) is -2.56. The average Bonchev–Trinajstić information content (AvgIpc) is 3.27. The number of hydrogen-bond acceptors (Lipinski definition) is 8. The average molecular weight is 469 g/mol. The lowest BCUT2D eigenvalue weighted by molar-refractivity contribution is -0.141. The van der Waals surface area contributed by atoms with Crippen LogP contribution >= 0.6 is 0 Å². The van der Waals surface area contributed by atoms with Crippen LogP contribution in [0.15, 0.2) is 12.5 Å². The van der Waals surface area contributed by atoms with Crippen LogP contribution in [0.3, 0.4) is 0 Å². The van der Waals surface area contributed by atoms with E-state index in [1.165, 1.54) is 12.5 Å². The topological polar surface area (TPSA) is 243 Å². The lowest BCUT2D eigenvalue weighted by Gasteiger charge is -2.20. The molecule has 14 heteroatoms. The third kappa shape index (κ3) is 11.1. The van der Waals surface area contributed by atoms with Gasteiger partial charge in [-0.3, -0.25) is 19.2 Å². The highest BCUT2D eigenvalue weighted by atomic mass is 16.4. The number of rotatable bonds is 16. The summed E-state index contributed by atoms with van der Waals surface area (Å²) < 4.78 is 0. The molecule has 10 N–H and O–H groups in total. The van der Waals surface area contributed by atoms with Gasteiger partial charge in [-0.2, -0.15) is 0 Å². The second-order valence-electron chi connectivity index (χ2n) is 7.34. The zero-order valence-corrected chi connectivity index (χ0v) is 18.1. The van der Waals surface area contributed by atoms with Gasteiger partial charge < -0.3 is 42.6 Å². The van der Waals surface area contributed by atoms with E-state index in [4.69, 9.17) is 16.6 Å². The Bertz CT molecular complexity index is 800. The number of nitrogens with two attached hydrogens (primary N) is 2. The number of aromatic nitrogens is 2. The first-order chi connectivity index (χ1) is 15.6. The van der Waals surface area contributed by atoms with Crippen LogP contribution < -0.4 is 27.4 Å². The SMILES string of the molecule is NCCCCC(N)C(=O)NC(CCC(=O)O)C(=O)NCC(=O)NC(Cc1cnc[nH]1)C(=O)O. The number of hydrogen-bond donors (Lipinski definition) is 8. The highest BCUT2D eigenvalue weighted by Crippen LogP contribution is 2.03. The van der Waals surface area contributed by atoms with Gasteiger partial charge in [-0.1, -0.05) is 6.42 Å². The van der Waals surface area contributed by atoms with Crippen molar-refractivity contribution < 1.29 is 34.2 Å². The molecule has 33 heavy (non-hydrogen) atoms. The molecule has 0 fully saturated rings. The van der Waals surface area contributed by atoms with E-state index in [2.05, 4.69) is 25.9 Å². The van der Waals surface area contributed by atoms with E-state index in [-0.39, 0.29) is 12.8 Å². The highest BCUT2D eigenvalue weighted by molar-refractivity contribution is 5.92. The Balaban J connectivity index is 2.63. The standard InChI is InChI=1S/C19H31N7O7/c20-6-2-1-3-12(21)17(30)26-13(4-5-16(28)29)18(31)23-9-15(27)25-14(19(32)33)7-11-8-22-10-24-11/h8,10,12-14H,1-7,9,20-21H2,(H,22,24)(H,23,31)(H,25,27)(H,26,30)(H,28,29)(H,32,33). The fourth-order valence-electron chi connectivity index (χ4n) is 2.81. The molecular formula is C19H31N7O7. The van der Waals surface area contributed by atoms with Crippen LogP contribution in [-0.2, 0) is 30.4 Å². The van der Waals surface area contributed by atoms with Gasteiger partial charge in [-0.25, -0.2) is 9.78 Å². The summed E-state index contributed by atoms with van der Waals surface area (Å²) in [5.74, 6) is -4.66. The molecule has 1 aromatic rings. The van der Waals surface area contributed by atoms with Gasteiger partial charge in [-0.15, -0.1) is 0 Å². The largest absolute Gasteiger partial charge is 0.481 e. The molecule has 0 aliphatic heterocycles. The van der Waals surface area contributed by atoms with Crippen LogP contribution in [0.25, 0.3) is 0 Å². The van der Waals surface area contributed by atoms with Gasteiger partial charge >= 0.3 is 11.9 Å². The summed E-state index contributed by atoms with van der Waals surface area (Å²) in [6.07, 6.45) is 3.74. The number of aliphatic carboxylic acids is 2. The van der Waals surface area contributed by atoms with Crippen LogP contribution in [0.1, 0.15) is 37.8 Å². The van der Waals surface area contributed by atoms with Crippen LogP contribution in [0, 0.1) is 0 Å². The minimum Gasteiger partial charge on any atom is -0.481 e. The molecule has 0 radical (unpaired) electrons. The van der Waals surface area contributed by atoms with Gasteiger partial charge in [0.05, 0.1) is 18.9 Å². The van der Waals surface area contributed by atoms with Crippen molar-refractivity contribution in [2.75, 3.05) is 13.1 Å². The van der Waals surface area contributed by atoms with Crippen LogP contribution in [0.4, 0.5) is 0 Å². The molecule has 0 saturated heterocycles. The molecule has 3 atom stereocenters. The van der Waals surface area contributed by atoms with E-state index in [0.717, 1.165) is 0 Å². The summed E-state index contributed by atoms with van der Waals surface area (Å²) in [4.78, 5) is 65.6. The number of aromatic amines is 1. The Morgan fingerprint density at radius 3 is 2.33 bits per heavy atom. The van der Waals surface area contributed by atoms with Gasteiger partial charge in [0.15, 0.2) is 0 Å². The predicted molar refractivity (Wildman–Crippen MR) is 115 cm³/mol. The van der Waals surface area contributed by atoms with Crippen molar-refractivity contribution in [2.45, 2.75) is 56.7 Å². The maximum atomic E-state index is 12.5. The third-order valence-corrected chi connectivity index (χ3v) is 4.62. The summed E-state index contributed by atoms with van der Waals surface area (Å²) >= 11 is 0. The van der Waals surface area contributed by atoms with E-state index in [1.54, 1.807) is 0 Å². The van der Waals surface area contributed by atoms with Gasteiger partial charge in [0.25, 0.3) is 0 Å². The molecular weight excluding hydrogens is 438 g/mol. The number of carbonyl (C=O) groups is 5. The second kappa shape index (κ2) is 14.5.